The molecule has 0 radical (unpaired) electrons. The number of carbonyl (C=O) groups is 2. The molecule has 1 aromatic heterocycles. The first kappa shape index (κ1) is 8.58. The highest BCUT2D eigenvalue weighted by Crippen LogP contribution is 2.06. The van der Waals surface area contributed by atoms with Crippen molar-refractivity contribution < 1.29 is 9.59 Å². The van der Waals surface area contributed by atoms with Gasteiger partial charge >= 0.3 is 0 Å². The Balaban J connectivity index is 3.01. The average molecular weight is 167 g/mol. The smallest absolute Gasteiger partial charge is 0.187 e. The summed E-state index contributed by atoms with van der Waals surface area (Å²) in [5.74, 6) is -0.348. The fourth-order valence-corrected chi connectivity index (χ4v) is 0.776. The number of nitrogens with one attached hydrogen (secondary N) is 1. The third kappa shape index (κ3) is 1.39. The molecule has 0 aliphatic heterocycles. The van der Waals surface area contributed by atoms with E-state index in [9.17, 15) is 9.59 Å². The second kappa shape index (κ2) is 3.25. The molecule has 0 aliphatic carbocycles. The molecule has 0 aliphatic rings. The number of aldehydes is 1. The molecule has 1 heterocycles. The van der Waals surface area contributed by atoms with Gasteiger partial charge in [0.2, 0.25) is 0 Å². The van der Waals surface area contributed by atoms with E-state index >= 15 is 0 Å². The van der Waals surface area contributed by atoms with Crippen molar-refractivity contribution >= 4 is 12.1 Å². The number of hydrogen-bond acceptors (Lipinski definition) is 4. The molecule has 12 heavy (non-hydrogen) atoms. The van der Waals surface area contributed by atoms with Crippen molar-refractivity contribution in [1.29, 1.82) is 0 Å². The zero-order chi connectivity index (χ0) is 9.14. The molecule has 0 spiro atoms. The zero-order valence-electron chi connectivity index (χ0n) is 6.87. The van der Waals surface area contributed by atoms with Crippen LogP contribution in [0.25, 0.3) is 0 Å². The van der Waals surface area contributed by atoms with Crippen molar-refractivity contribution in [2.45, 2.75) is 13.8 Å². The Morgan fingerprint density at radius 3 is 2.67 bits per heavy atom. The summed E-state index contributed by atoms with van der Waals surface area (Å²) in [6, 6.07) is 0. The van der Waals surface area contributed by atoms with Crippen LogP contribution in [0.1, 0.15) is 34.8 Å². The number of ketones is 1. The molecule has 1 N–H and O–H groups in total. The standard InChI is InChI=1S/C7H9N3O2/c1-4(2)7(12)6-5(3-11)8-10-9-6/h3-4H,1-2H3,(H,8,9,10). The third-order valence-electron chi connectivity index (χ3n) is 1.44. The van der Waals surface area contributed by atoms with E-state index in [-0.39, 0.29) is 23.1 Å². The lowest BCUT2D eigenvalue weighted by Gasteiger charge is -1.98. The molecular formula is C7H9N3O2. The van der Waals surface area contributed by atoms with Crippen LogP contribution in [-0.4, -0.2) is 27.5 Å². The number of hydrogen-bond donors (Lipinski definition) is 1. The minimum Gasteiger partial charge on any atom is -0.296 e. The Kier molecular flexibility index (Phi) is 2.32. The highest BCUT2D eigenvalue weighted by molar-refractivity contribution is 6.00. The van der Waals surface area contributed by atoms with Crippen molar-refractivity contribution in [2.24, 2.45) is 5.92 Å². The Morgan fingerprint density at radius 1 is 1.50 bits per heavy atom. The number of nitrogens with zero attached hydrogens (tertiary/aromatic N) is 2. The monoisotopic (exact) mass is 167 g/mol. The molecule has 1 aromatic rings. The lowest BCUT2D eigenvalue weighted by Crippen LogP contribution is -2.10. The molecule has 0 unspecified atom stereocenters. The number of aromatic amines is 1. The SMILES string of the molecule is CC(C)C(=O)c1n[nH]nc1C=O. The maximum atomic E-state index is 11.3. The Bertz CT molecular complexity index is 303. The first-order valence-corrected chi connectivity index (χ1v) is 3.57. The summed E-state index contributed by atoms with van der Waals surface area (Å²) < 4.78 is 0. The number of rotatable bonds is 3. The second-order valence-electron chi connectivity index (χ2n) is 2.69. The van der Waals surface area contributed by atoms with Gasteiger partial charge in [0.1, 0.15) is 0 Å². The van der Waals surface area contributed by atoms with Gasteiger partial charge in [-0.25, -0.2) is 0 Å². The number of carbonyl (C=O) groups excluding carboxylic acids is 2. The fourth-order valence-electron chi connectivity index (χ4n) is 0.776. The van der Waals surface area contributed by atoms with Gasteiger partial charge in [-0.15, -0.1) is 0 Å². The Morgan fingerprint density at radius 2 is 2.17 bits per heavy atom. The first-order chi connectivity index (χ1) is 5.66. The third-order valence-corrected chi connectivity index (χ3v) is 1.44. The second-order valence-corrected chi connectivity index (χ2v) is 2.69. The lowest BCUT2D eigenvalue weighted by molar-refractivity contribution is 0.0929. The molecule has 0 aromatic carbocycles. The van der Waals surface area contributed by atoms with E-state index in [0.29, 0.717) is 6.29 Å². The van der Waals surface area contributed by atoms with Crippen LogP contribution in [0.2, 0.25) is 0 Å². The summed E-state index contributed by atoms with van der Waals surface area (Å²) in [5, 5.41) is 9.34. The summed E-state index contributed by atoms with van der Waals surface area (Å²) in [6.07, 6.45) is 0.513. The molecule has 0 amide bonds. The molecule has 64 valence electrons. The number of H-pyrrole nitrogens is 1. The molecule has 5 nitrogen and oxygen atoms in total. The molecule has 0 saturated heterocycles. The van der Waals surface area contributed by atoms with Gasteiger partial charge in [-0.05, 0) is 0 Å². The van der Waals surface area contributed by atoms with Crippen LogP contribution in [0.5, 0.6) is 0 Å². The highest BCUT2D eigenvalue weighted by Gasteiger charge is 2.18. The van der Waals surface area contributed by atoms with Crippen LogP contribution in [0.4, 0.5) is 0 Å². The minimum atomic E-state index is -0.175. The van der Waals surface area contributed by atoms with E-state index in [1.54, 1.807) is 13.8 Å². The van der Waals surface area contributed by atoms with Gasteiger partial charge in [-0.3, -0.25) is 9.59 Å². The number of Topliss-reactive ketones (excluding diaryl/α,β-unsaturated/α-hetero) is 1. The topological polar surface area (TPSA) is 75.7 Å². The predicted molar refractivity (Wildman–Crippen MR) is 40.9 cm³/mol. The summed E-state index contributed by atoms with van der Waals surface area (Å²) in [4.78, 5) is 21.6. The van der Waals surface area contributed by atoms with E-state index in [0.717, 1.165) is 0 Å². The minimum absolute atomic E-state index is 0.0775. The van der Waals surface area contributed by atoms with Gasteiger partial charge in [0, 0.05) is 5.92 Å². The van der Waals surface area contributed by atoms with E-state index in [4.69, 9.17) is 0 Å². The van der Waals surface area contributed by atoms with Crippen LogP contribution >= 0.6 is 0 Å². The predicted octanol–water partition coefficient (Wildman–Crippen LogP) is 0.456. The zero-order valence-corrected chi connectivity index (χ0v) is 6.87. The summed E-state index contributed by atoms with van der Waals surface area (Å²) in [5.41, 5.74) is 0.203. The van der Waals surface area contributed by atoms with Crippen LogP contribution in [0.3, 0.4) is 0 Å². The fraction of sp³-hybridized carbons (Fsp3) is 0.429. The van der Waals surface area contributed by atoms with Gasteiger partial charge in [-0.1, -0.05) is 13.8 Å². The molecule has 0 atom stereocenters. The van der Waals surface area contributed by atoms with Crippen LogP contribution in [-0.2, 0) is 0 Å². The van der Waals surface area contributed by atoms with E-state index in [1.165, 1.54) is 0 Å². The normalized spacial score (nSPS) is 10.2. The van der Waals surface area contributed by atoms with Gasteiger partial charge in [0.25, 0.3) is 0 Å². The Hall–Kier alpha value is -1.52. The quantitative estimate of drug-likeness (QED) is 0.524. The van der Waals surface area contributed by atoms with Crippen molar-refractivity contribution in [3.8, 4) is 0 Å². The van der Waals surface area contributed by atoms with Gasteiger partial charge in [-0.2, -0.15) is 15.4 Å². The van der Waals surface area contributed by atoms with E-state index in [1.807, 2.05) is 0 Å². The van der Waals surface area contributed by atoms with Gasteiger partial charge in [0.15, 0.2) is 23.5 Å². The average Bonchev–Trinajstić information content (AvgIpc) is 2.49. The first-order valence-electron chi connectivity index (χ1n) is 3.57. The van der Waals surface area contributed by atoms with Crippen LogP contribution < -0.4 is 0 Å². The molecule has 0 fully saturated rings. The van der Waals surface area contributed by atoms with Crippen molar-refractivity contribution in [1.82, 2.24) is 15.4 Å². The Labute approximate surface area is 69.2 Å². The molecule has 5 heteroatoms. The maximum absolute atomic E-state index is 11.3. The summed E-state index contributed by atoms with van der Waals surface area (Å²) >= 11 is 0. The molecule has 0 bridgehead atoms. The van der Waals surface area contributed by atoms with Crippen molar-refractivity contribution in [2.75, 3.05) is 0 Å². The highest BCUT2D eigenvalue weighted by atomic mass is 16.1. The van der Waals surface area contributed by atoms with Crippen molar-refractivity contribution in [3.63, 3.8) is 0 Å². The maximum Gasteiger partial charge on any atom is 0.187 e. The van der Waals surface area contributed by atoms with E-state index in [2.05, 4.69) is 15.4 Å². The van der Waals surface area contributed by atoms with Crippen LogP contribution in [0, 0.1) is 5.92 Å². The lowest BCUT2D eigenvalue weighted by atomic mass is 10.1. The molecular weight excluding hydrogens is 158 g/mol. The van der Waals surface area contributed by atoms with Gasteiger partial charge in [0.05, 0.1) is 0 Å². The largest absolute Gasteiger partial charge is 0.296 e. The van der Waals surface area contributed by atoms with Crippen LogP contribution in [0.15, 0.2) is 0 Å². The van der Waals surface area contributed by atoms with E-state index < -0.39 is 0 Å². The number of aromatic nitrogens is 3. The van der Waals surface area contributed by atoms with Crippen molar-refractivity contribution in [3.05, 3.63) is 11.4 Å². The molecule has 1 rings (SSSR count). The summed E-state index contributed by atoms with van der Waals surface area (Å²) in [7, 11) is 0. The van der Waals surface area contributed by atoms with Gasteiger partial charge < -0.3 is 0 Å². The summed E-state index contributed by atoms with van der Waals surface area (Å²) in [6.45, 7) is 3.48. The molecule has 0 saturated carbocycles.